The summed E-state index contributed by atoms with van der Waals surface area (Å²) in [5.41, 5.74) is 3.48. The monoisotopic (exact) mass is 287 g/mol. The molecule has 2 unspecified atom stereocenters. The lowest BCUT2D eigenvalue weighted by molar-refractivity contribution is -0.116. The molecule has 0 saturated heterocycles. The molecule has 3 nitrogen and oxygen atoms in total. The van der Waals surface area contributed by atoms with Crippen molar-refractivity contribution in [1.82, 2.24) is 5.32 Å². The number of aliphatic hydroxyl groups is 1. The molecule has 2 atom stereocenters. The molecule has 1 aliphatic rings. The molecule has 0 aliphatic heterocycles. The predicted octanol–water partition coefficient (Wildman–Crippen LogP) is 2.98. The number of hydrogen-bond acceptors (Lipinski definition) is 2. The number of hydrogen-bond donors (Lipinski definition) is 2. The first kappa shape index (κ1) is 15.8. The van der Waals surface area contributed by atoms with E-state index in [1.807, 2.05) is 25.1 Å². The quantitative estimate of drug-likeness (QED) is 0.836. The average Bonchev–Trinajstić information content (AvgIpc) is 2.44. The van der Waals surface area contributed by atoms with E-state index in [0.29, 0.717) is 12.5 Å². The molecule has 1 saturated carbocycles. The molecule has 0 radical (unpaired) electrons. The summed E-state index contributed by atoms with van der Waals surface area (Å²) in [5.74, 6) is 0.349. The fourth-order valence-electron chi connectivity index (χ4n) is 2.93. The maximum absolute atomic E-state index is 11.9. The van der Waals surface area contributed by atoms with E-state index in [0.717, 1.165) is 31.2 Å². The molecule has 1 fully saturated rings. The van der Waals surface area contributed by atoms with E-state index in [9.17, 15) is 9.90 Å². The van der Waals surface area contributed by atoms with Crippen LogP contribution in [0.15, 0.2) is 24.3 Å². The molecule has 1 aromatic carbocycles. The zero-order chi connectivity index (χ0) is 15.2. The van der Waals surface area contributed by atoms with Crippen molar-refractivity contribution in [3.05, 3.63) is 41.0 Å². The summed E-state index contributed by atoms with van der Waals surface area (Å²) < 4.78 is 0. The molecule has 0 heterocycles. The fourth-order valence-corrected chi connectivity index (χ4v) is 2.93. The normalized spacial score (nSPS) is 22.4. The van der Waals surface area contributed by atoms with Gasteiger partial charge in [0.2, 0.25) is 5.91 Å². The topological polar surface area (TPSA) is 49.3 Å². The van der Waals surface area contributed by atoms with Crippen LogP contribution in [-0.4, -0.2) is 23.7 Å². The Balaban J connectivity index is 1.82. The lowest BCUT2D eigenvalue weighted by atomic mass is 9.87. The van der Waals surface area contributed by atoms with Crippen molar-refractivity contribution < 1.29 is 9.90 Å². The highest BCUT2D eigenvalue weighted by molar-refractivity contribution is 5.91. The molecule has 0 spiro atoms. The van der Waals surface area contributed by atoms with Gasteiger partial charge < -0.3 is 10.4 Å². The van der Waals surface area contributed by atoms with Crippen molar-refractivity contribution in [2.45, 2.75) is 45.6 Å². The summed E-state index contributed by atoms with van der Waals surface area (Å²) in [6, 6.07) is 6.20. The molecular formula is C18H25NO2. The highest BCUT2D eigenvalue weighted by Crippen LogP contribution is 2.23. The molecule has 2 rings (SSSR count). The number of aliphatic hydroxyl groups excluding tert-OH is 1. The summed E-state index contributed by atoms with van der Waals surface area (Å²) in [6.07, 6.45) is 7.12. The van der Waals surface area contributed by atoms with Crippen LogP contribution in [0.4, 0.5) is 0 Å². The average molecular weight is 287 g/mol. The molecule has 21 heavy (non-hydrogen) atoms. The Morgan fingerprint density at radius 2 is 2.19 bits per heavy atom. The molecular weight excluding hydrogens is 262 g/mol. The van der Waals surface area contributed by atoms with Crippen molar-refractivity contribution >= 4 is 12.0 Å². The van der Waals surface area contributed by atoms with Gasteiger partial charge in [0.25, 0.3) is 0 Å². The van der Waals surface area contributed by atoms with E-state index in [1.54, 1.807) is 6.08 Å². The van der Waals surface area contributed by atoms with Gasteiger partial charge in [-0.05, 0) is 56.2 Å². The zero-order valence-corrected chi connectivity index (χ0v) is 12.9. The van der Waals surface area contributed by atoms with Crippen LogP contribution in [0.5, 0.6) is 0 Å². The van der Waals surface area contributed by atoms with Crippen LogP contribution in [-0.2, 0) is 4.79 Å². The zero-order valence-electron chi connectivity index (χ0n) is 12.9. The lowest BCUT2D eigenvalue weighted by Crippen LogP contribution is -2.32. The molecule has 0 aromatic heterocycles. The van der Waals surface area contributed by atoms with Crippen molar-refractivity contribution in [1.29, 1.82) is 0 Å². The third kappa shape index (κ3) is 5.01. The molecule has 1 aromatic rings. The van der Waals surface area contributed by atoms with Gasteiger partial charge in [-0.2, -0.15) is 0 Å². The molecule has 0 bridgehead atoms. The summed E-state index contributed by atoms with van der Waals surface area (Å²) in [4.78, 5) is 11.9. The number of carbonyl (C=O) groups is 1. The van der Waals surface area contributed by atoms with Crippen LogP contribution in [0, 0.1) is 19.8 Å². The minimum Gasteiger partial charge on any atom is -0.393 e. The van der Waals surface area contributed by atoms with Gasteiger partial charge in [0.15, 0.2) is 0 Å². The van der Waals surface area contributed by atoms with Gasteiger partial charge in [0.05, 0.1) is 6.10 Å². The number of rotatable bonds is 4. The summed E-state index contributed by atoms with van der Waals surface area (Å²) in [7, 11) is 0. The third-order valence-electron chi connectivity index (χ3n) is 4.16. The Kier molecular flexibility index (Phi) is 5.57. The minimum atomic E-state index is -0.189. The number of aryl methyl sites for hydroxylation is 2. The highest BCUT2D eigenvalue weighted by atomic mass is 16.3. The van der Waals surface area contributed by atoms with E-state index >= 15 is 0 Å². The van der Waals surface area contributed by atoms with Crippen LogP contribution in [0.25, 0.3) is 6.08 Å². The van der Waals surface area contributed by atoms with Gasteiger partial charge in [-0.15, -0.1) is 0 Å². The first-order chi connectivity index (χ1) is 10.0. The van der Waals surface area contributed by atoms with Gasteiger partial charge >= 0.3 is 0 Å². The fraction of sp³-hybridized carbons (Fsp3) is 0.500. The summed E-state index contributed by atoms with van der Waals surface area (Å²) in [6.45, 7) is 4.77. The smallest absolute Gasteiger partial charge is 0.244 e. The van der Waals surface area contributed by atoms with Crippen LogP contribution < -0.4 is 5.32 Å². The number of carbonyl (C=O) groups excluding carboxylic acids is 1. The number of nitrogens with one attached hydrogen (secondary N) is 1. The molecule has 1 aliphatic carbocycles. The Bertz CT molecular complexity index is 522. The third-order valence-corrected chi connectivity index (χ3v) is 4.16. The SMILES string of the molecule is Cc1ccc(/C=C/C(=O)NCC2CCCC(O)C2)c(C)c1. The molecule has 114 valence electrons. The lowest BCUT2D eigenvalue weighted by Gasteiger charge is -2.25. The van der Waals surface area contributed by atoms with Crippen molar-refractivity contribution in [2.24, 2.45) is 5.92 Å². The second-order valence-electron chi connectivity index (χ2n) is 6.12. The summed E-state index contributed by atoms with van der Waals surface area (Å²) >= 11 is 0. The maximum atomic E-state index is 11.9. The molecule has 3 heteroatoms. The minimum absolute atomic E-state index is 0.0601. The van der Waals surface area contributed by atoms with E-state index in [1.165, 1.54) is 11.1 Å². The van der Waals surface area contributed by atoms with Crippen molar-refractivity contribution in [3.8, 4) is 0 Å². The maximum Gasteiger partial charge on any atom is 0.244 e. The van der Waals surface area contributed by atoms with E-state index in [-0.39, 0.29) is 12.0 Å². The molecule has 1 amide bonds. The standard InChI is InChI=1S/C18H25NO2/c1-13-6-7-16(14(2)10-13)8-9-18(21)19-12-15-4-3-5-17(20)11-15/h6-10,15,17,20H,3-5,11-12H2,1-2H3,(H,19,21)/b9-8+. The van der Waals surface area contributed by atoms with E-state index in [2.05, 4.69) is 18.3 Å². The number of benzene rings is 1. The van der Waals surface area contributed by atoms with Crippen LogP contribution in [0.3, 0.4) is 0 Å². The van der Waals surface area contributed by atoms with Crippen molar-refractivity contribution in [3.63, 3.8) is 0 Å². The Morgan fingerprint density at radius 1 is 1.38 bits per heavy atom. The first-order valence-electron chi connectivity index (χ1n) is 7.76. The van der Waals surface area contributed by atoms with Gasteiger partial charge in [0.1, 0.15) is 0 Å². The van der Waals surface area contributed by atoms with Crippen LogP contribution in [0.1, 0.15) is 42.4 Å². The second-order valence-corrected chi connectivity index (χ2v) is 6.12. The van der Waals surface area contributed by atoms with Gasteiger partial charge in [0, 0.05) is 12.6 Å². The largest absolute Gasteiger partial charge is 0.393 e. The van der Waals surface area contributed by atoms with E-state index in [4.69, 9.17) is 0 Å². The van der Waals surface area contributed by atoms with E-state index < -0.39 is 0 Å². The van der Waals surface area contributed by atoms with Gasteiger partial charge in [-0.1, -0.05) is 30.2 Å². The summed E-state index contributed by atoms with van der Waals surface area (Å²) in [5, 5.41) is 12.6. The Morgan fingerprint density at radius 3 is 2.90 bits per heavy atom. The van der Waals surface area contributed by atoms with Crippen molar-refractivity contribution in [2.75, 3.05) is 6.54 Å². The van der Waals surface area contributed by atoms with Crippen LogP contribution >= 0.6 is 0 Å². The second kappa shape index (κ2) is 7.41. The first-order valence-corrected chi connectivity index (χ1v) is 7.76. The Hall–Kier alpha value is -1.61. The van der Waals surface area contributed by atoms with Crippen LogP contribution in [0.2, 0.25) is 0 Å². The molecule has 2 N–H and O–H groups in total. The number of amides is 1. The Labute approximate surface area is 127 Å². The van der Waals surface area contributed by atoms with Gasteiger partial charge in [-0.25, -0.2) is 0 Å². The van der Waals surface area contributed by atoms with Gasteiger partial charge in [-0.3, -0.25) is 4.79 Å². The predicted molar refractivity (Wildman–Crippen MR) is 85.9 cm³/mol. The highest BCUT2D eigenvalue weighted by Gasteiger charge is 2.20.